The second-order valence-corrected chi connectivity index (χ2v) is 5.83. The van der Waals surface area contributed by atoms with Gasteiger partial charge in [0.25, 0.3) is 5.91 Å². The lowest BCUT2D eigenvalue weighted by Crippen LogP contribution is -2.31. The Balaban J connectivity index is 1.82. The Morgan fingerprint density at radius 1 is 1.12 bits per heavy atom. The van der Waals surface area contributed by atoms with E-state index in [9.17, 15) is 4.79 Å². The van der Waals surface area contributed by atoms with Crippen LogP contribution in [0.4, 0.5) is 11.6 Å². The average molecular weight is 328 g/mol. The maximum Gasteiger partial charge on any atom is 0.270 e. The van der Waals surface area contributed by atoms with Gasteiger partial charge in [-0.15, -0.1) is 0 Å². The van der Waals surface area contributed by atoms with Gasteiger partial charge < -0.3 is 20.1 Å². The van der Waals surface area contributed by atoms with Crippen LogP contribution < -0.4 is 20.1 Å². The number of aromatic nitrogens is 2. The SMILES string of the molecule is Cc1cc(C(=O)NC(C)C)nc(Nc2ccc3c(c2)OCCO3)n1. The molecule has 2 heterocycles. The summed E-state index contributed by atoms with van der Waals surface area (Å²) in [4.78, 5) is 20.8. The molecule has 7 nitrogen and oxygen atoms in total. The predicted molar refractivity (Wildman–Crippen MR) is 90.1 cm³/mol. The minimum Gasteiger partial charge on any atom is -0.486 e. The molecule has 0 fully saturated rings. The van der Waals surface area contributed by atoms with E-state index in [4.69, 9.17) is 9.47 Å². The van der Waals surface area contributed by atoms with E-state index in [1.807, 2.05) is 39.0 Å². The first-order valence-corrected chi connectivity index (χ1v) is 7.84. The largest absolute Gasteiger partial charge is 0.486 e. The van der Waals surface area contributed by atoms with Gasteiger partial charge in [0.05, 0.1) is 0 Å². The summed E-state index contributed by atoms with van der Waals surface area (Å²) in [5.74, 6) is 1.53. The summed E-state index contributed by atoms with van der Waals surface area (Å²) >= 11 is 0. The molecule has 7 heteroatoms. The summed E-state index contributed by atoms with van der Waals surface area (Å²) in [6.07, 6.45) is 0. The Bertz CT molecular complexity index is 761. The Labute approximate surface area is 140 Å². The molecule has 24 heavy (non-hydrogen) atoms. The van der Waals surface area contributed by atoms with Crippen molar-refractivity contribution in [1.82, 2.24) is 15.3 Å². The third-order valence-electron chi connectivity index (χ3n) is 3.30. The molecule has 1 aliphatic heterocycles. The van der Waals surface area contributed by atoms with E-state index in [-0.39, 0.29) is 11.9 Å². The zero-order valence-electron chi connectivity index (χ0n) is 13.9. The molecule has 0 spiro atoms. The van der Waals surface area contributed by atoms with Crippen LogP contribution in [0.3, 0.4) is 0 Å². The first-order chi connectivity index (χ1) is 11.5. The van der Waals surface area contributed by atoms with E-state index in [1.165, 1.54) is 0 Å². The molecule has 0 bridgehead atoms. The number of carbonyl (C=O) groups is 1. The van der Waals surface area contributed by atoms with Gasteiger partial charge in [0.15, 0.2) is 11.5 Å². The van der Waals surface area contributed by atoms with Crippen molar-refractivity contribution in [2.24, 2.45) is 0 Å². The molecule has 1 aliphatic rings. The molecule has 0 aliphatic carbocycles. The number of nitrogens with one attached hydrogen (secondary N) is 2. The van der Waals surface area contributed by atoms with Crippen molar-refractivity contribution >= 4 is 17.5 Å². The first kappa shape index (κ1) is 16.0. The Hall–Kier alpha value is -2.83. The third kappa shape index (κ3) is 3.73. The standard InChI is InChI=1S/C17H20N4O3/c1-10(2)18-16(22)13-8-11(3)19-17(21-13)20-12-4-5-14-15(9-12)24-7-6-23-14/h4-5,8-10H,6-7H2,1-3H3,(H,18,22)(H,19,20,21). The van der Waals surface area contributed by atoms with Crippen molar-refractivity contribution in [3.8, 4) is 11.5 Å². The minimum absolute atomic E-state index is 0.0435. The van der Waals surface area contributed by atoms with E-state index in [0.717, 1.165) is 5.69 Å². The maximum absolute atomic E-state index is 12.1. The van der Waals surface area contributed by atoms with Crippen molar-refractivity contribution in [2.75, 3.05) is 18.5 Å². The zero-order valence-corrected chi connectivity index (χ0v) is 13.9. The van der Waals surface area contributed by atoms with Crippen LogP contribution >= 0.6 is 0 Å². The molecule has 0 unspecified atom stereocenters. The molecular formula is C17H20N4O3. The van der Waals surface area contributed by atoms with Crippen LogP contribution in [0, 0.1) is 6.92 Å². The van der Waals surface area contributed by atoms with Gasteiger partial charge in [-0.25, -0.2) is 9.97 Å². The number of rotatable bonds is 4. The first-order valence-electron chi connectivity index (χ1n) is 7.84. The van der Waals surface area contributed by atoms with Crippen LogP contribution in [0.5, 0.6) is 11.5 Å². The molecule has 1 amide bonds. The molecule has 1 aromatic carbocycles. The predicted octanol–water partition coefficient (Wildman–Crippen LogP) is 2.44. The molecular weight excluding hydrogens is 308 g/mol. The summed E-state index contributed by atoms with van der Waals surface area (Å²) in [5.41, 5.74) is 1.80. The fraction of sp³-hybridized carbons (Fsp3) is 0.353. The molecule has 1 aromatic heterocycles. The molecule has 2 N–H and O–H groups in total. The quantitative estimate of drug-likeness (QED) is 0.896. The number of hydrogen-bond donors (Lipinski definition) is 2. The van der Waals surface area contributed by atoms with E-state index >= 15 is 0 Å². The summed E-state index contributed by atoms with van der Waals surface area (Å²) in [6.45, 7) is 6.70. The lowest BCUT2D eigenvalue weighted by molar-refractivity contribution is 0.0938. The maximum atomic E-state index is 12.1. The number of nitrogens with zero attached hydrogens (tertiary/aromatic N) is 2. The van der Waals surface area contributed by atoms with Crippen molar-refractivity contribution in [3.63, 3.8) is 0 Å². The van der Waals surface area contributed by atoms with E-state index in [1.54, 1.807) is 6.07 Å². The summed E-state index contributed by atoms with van der Waals surface area (Å²) in [6, 6.07) is 7.22. The number of carbonyl (C=O) groups excluding carboxylic acids is 1. The molecule has 0 saturated heterocycles. The van der Waals surface area contributed by atoms with Crippen molar-refractivity contribution in [1.29, 1.82) is 0 Å². The van der Waals surface area contributed by atoms with Gasteiger partial charge in [0, 0.05) is 23.5 Å². The normalized spacial score (nSPS) is 12.8. The number of anilines is 2. The number of aryl methyl sites for hydroxylation is 1. The van der Waals surface area contributed by atoms with Crippen LogP contribution in [-0.4, -0.2) is 35.1 Å². The van der Waals surface area contributed by atoms with Gasteiger partial charge in [-0.2, -0.15) is 0 Å². The molecule has 2 aromatic rings. The smallest absolute Gasteiger partial charge is 0.270 e. The number of fused-ring (bicyclic) bond motifs is 1. The fourth-order valence-corrected chi connectivity index (χ4v) is 2.33. The molecule has 3 rings (SSSR count). The van der Waals surface area contributed by atoms with E-state index in [2.05, 4.69) is 20.6 Å². The number of amides is 1. The lowest BCUT2D eigenvalue weighted by Gasteiger charge is -2.19. The van der Waals surface area contributed by atoms with Crippen LogP contribution in [0.2, 0.25) is 0 Å². The fourth-order valence-electron chi connectivity index (χ4n) is 2.33. The van der Waals surface area contributed by atoms with Gasteiger partial charge in [-0.1, -0.05) is 0 Å². The van der Waals surface area contributed by atoms with Gasteiger partial charge in [-0.05, 0) is 39.0 Å². The number of ether oxygens (including phenoxy) is 2. The van der Waals surface area contributed by atoms with Gasteiger partial charge in [-0.3, -0.25) is 4.79 Å². The highest BCUT2D eigenvalue weighted by molar-refractivity contribution is 5.92. The van der Waals surface area contributed by atoms with Crippen LogP contribution in [-0.2, 0) is 0 Å². The lowest BCUT2D eigenvalue weighted by atomic mass is 10.2. The van der Waals surface area contributed by atoms with Crippen LogP contribution in [0.25, 0.3) is 0 Å². The Kier molecular flexibility index (Phi) is 4.50. The van der Waals surface area contributed by atoms with Gasteiger partial charge >= 0.3 is 0 Å². The highest BCUT2D eigenvalue weighted by Gasteiger charge is 2.14. The summed E-state index contributed by atoms with van der Waals surface area (Å²) in [7, 11) is 0. The second kappa shape index (κ2) is 6.74. The topological polar surface area (TPSA) is 85.4 Å². The Morgan fingerprint density at radius 2 is 1.88 bits per heavy atom. The van der Waals surface area contributed by atoms with Crippen molar-refractivity contribution in [3.05, 3.63) is 35.7 Å². The number of hydrogen-bond acceptors (Lipinski definition) is 6. The van der Waals surface area contributed by atoms with Crippen molar-refractivity contribution < 1.29 is 14.3 Å². The molecule has 0 radical (unpaired) electrons. The average Bonchev–Trinajstić information content (AvgIpc) is 2.53. The summed E-state index contributed by atoms with van der Waals surface area (Å²) < 4.78 is 11.1. The minimum atomic E-state index is -0.222. The second-order valence-electron chi connectivity index (χ2n) is 5.83. The molecule has 126 valence electrons. The van der Waals surface area contributed by atoms with E-state index in [0.29, 0.717) is 42.0 Å². The van der Waals surface area contributed by atoms with Crippen molar-refractivity contribution in [2.45, 2.75) is 26.8 Å². The Morgan fingerprint density at radius 3 is 2.62 bits per heavy atom. The van der Waals surface area contributed by atoms with Crippen LogP contribution in [0.1, 0.15) is 30.0 Å². The highest BCUT2D eigenvalue weighted by atomic mass is 16.6. The molecule has 0 atom stereocenters. The highest BCUT2D eigenvalue weighted by Crippen LogP contribution is 2.33. The zero-order chi connectivity index (χ0) is 17.1. The molecule has 0 saturated carbocycles. The monoisotopic (exact) mass is 328 g/mol. The van der Waals surface area contributed by atoms with Gasteiger partial charge in [0.1, 0.15) is 18.9 Å². The third-order valence-corrected chi connectivity index (χ3v) is 3.30. The van der Waals surface area contributed by atoms with Gasteiger partial charge in [0.2, 0.25) is 5.95 Å². The summed E-state index contributed by atoms with van der Waals surface area (Å²) in [5, 5.41) is 5.93. The van der Waals surface area contributed by atoms with Crippen LogP contribution in [0.15, 0.2) is 24.3 Å². The van der Waals surface area contributed by atoms with E-state index < -0.39 is 0 Å². The number of benzene rings is 1.